The molecule has 14 heavy (non-hydrogen) atoms. The molecule has 0 bridgehead atoms. The number of hydrogen-bond donors (Lipinski definition) is 2. The van der Waals surface area contributed by atoms with Crippen molar-refractivity contribution >= 4 is 5.97 Å². The molecule has 1 rings (SSSR count). The highest BCUT2D eigenvalue weighted by Gasteiger charge is 2.20. The minimum atomic E-state index is -0.349. The maximum absolute atomic E-state index is 10.9. The van der Waals surface area contributed by atoms with Gasteiger partial charge >= 0.3 is 5.97 Å². The Bertz CT molecular complexity index is 183. The molecule has 82 valence electrons. The predicted molar refractivity (Wildman–Crippen MR) is 49.9 cm³/mol. The molecule has 0 amide bonds. The molecule has 6 nitrogen and oxygen atoms in total. The summed E-state index contributed by atoms with van der Waals surface area (Å²) in [6, 6.07) is 0.425. The van der Waals surface area contributed by atoms with Gasteiger partial charge in [0.2, 0.25) is 0 Å². The molecule has 1 saturated heterocycles. The van der Waals surface area contributed by atoms with Gasteiger partial charge in [0.05, 0.1) is 13.0 Å². The fraction of sp³-hybridized carbons (Fsp3) is 0.875. The van der Waals surface area contributed by atoms with Gasteiger partial charge in [-0.15, -0.1) is 0 Å². The molecule has 1 fully saturated rings. The van der Waals surface area contributed by atoms with E-state index >= 15 is 0 Å². The Hall–Kier alpha value is -0.690. The first kappa shape index (κ1) is 11.4. The number of nitrogens with two attached hydrogens (primary N) is 1. The van der Waals surface area contributed by atoms with Crippen LogP contribution in [0.4, 0.5) is 0 Å². The van der Waals surface area contributed by atoms with Gasteiger partial charge < -0.3 is 14.5 Å². The summed E-state index contributed by atoms with van der Waals surface area (Å²) in [6.45, 7) is 2.22. The largest absolute Gasteiger partial charge is 0.380 e. The number of hydrazine groups is 1. The molecule has 0 aliphatic carbocycles. The summed E-state index contributed by atoms with van der Waals surface area (Å²) in [7, 11) is 1.97. The summed E-state index contributed by atoms with van der Waals surface area (Å²) < 4.78 is 5.24. The third-order valence-corrected chi connectivity index (χ3v) is 2.37. The molecule has 0 radical (unpaired) electrons. The summed E-state index contributed by atoms with van der Waals surface area (Å²) in [6.07, 6.45) is 1.36. The van der Waals surface area contributed by atoms with Gasteiger partial charge in [0.25, 0.3) is 0 Å². The van der Waals surface area contributed by atoms with Crippen LogP contribution in [0.15, 0.2) is 0 Å². The molecule has 1 heterocycles. The monoisotopic (exact) mass is 203 g/mol. The van der Waals surface area contributed by atoms with E-state index in [0.29, 0.717) is 19.0 Å². The molecule has 0 aromatic rings. The normalized spacial score (nSPS) is 21.5. The van der Waals surface area contributed by atoms with Crippen LogP contribution in [-0.4, -0.2) is 43.7 Å². The third kappa shape index (κ3) is 3.59. The molecule has 0 aromatic carbocycles. The molecule has 1 aliphatic rings. The van der Waals surface area contributed by atoms with E-state index in [2.05, 4.69) is 9.74 Å². The summed E-state index contributed by atoms with van der Waals surface area (Å²) >= 11 is 0. The van der Waals surface area contributed by atoms with E-state index in [0.717, 1.165) is 19.6 Å². The lowest BCUT2D eigenvalue weighted by Crippen LogP contribution is -2.35. The molecular weight excluding hydrogens is 186 g/mol. The van der Waals surface area contributed by atoms with Crippen molar-refractivity contribution in [2.24, 2.45) is 5.84 Å². The van der Waals surface area contributed by atoms with E-state index < -0.39 is 0 Å². The van der Waals surface area contributed by atoms with Crippen LogP contribution in [0.3, 0.4) is 0 Å². The Morgan fingerprint density at radius 1 is 1.79 bits per heavy atom. The van der Waals surface area contributed by atoms with Crippen molar-refractivity contribution in [2.75, 3.05) is 26.8 Å². The van der Waals surface area contributed by atoms with E-state index in [4.69, 9.17) is 10.6 Å². The van der Waals surface area contributed by atoms with Crippen molar-refractivity contribution in [2.45, 2.75) is 18.9 Å². The summed E-state index contributed by atoms with van der Waals surface area (Å²) in [5.41, 5.74) is 1.87. The van der Waals surface area contributed by atoms with Crippen LogP contribution in [-0.2, 0) is 14.4 Å². The second-order valence-corrected chi connectivity index (χ2v) is 3.34. The number of likely N-dealkylation sites (N-methyl/N-ethyl adjacent to an activating group) is 1. The fourth-order valence-corrected chi connectivity index (χ4v) is 1.44. The van der Waals surface area contributed by atoms with Crippen molar-refractivity contribution in [3.63, 3.8) is 0 Å². The van der Waals surface area contributed by atoms with Crippen LogP contribution < -0.4 is 11.4 Å². The number of rotatable bonds is 5. The molecule has 0 aromatic heterocycles. The first-order valence-corrected chi connectivity index (χ1v) is 4.67. The van der Waals surface area contributed by atoms with Crippen LogP contribution in [0.1, 0.15) is 12.8 Å². The topological polar surface area (TPSA) is 76.8 Å². The molecule has 6 heteroatoms. The average Bonchev–Trinajstić information content (AvgIpc) is 2.67. The molecule has 1 atom stereocenters. The second-order valence-electron chi connectivity index (χ2n) is 3.34. The van der Waals surface area contributed by atoms with Crippen molar-refractivity contribution in [3.8, 4) is 0 Å². The lowest BCUT2D eigenvalue weighted by molar-refractivity contribution is -0.151. The second kappa shape index (κ2) is 5.92. The zero-order chi connectivity index (χ0) is 10.4. The zero-order valence-corrected chi connectivity index (χ0v) is 8.36. The van der Waals surface area contributed by atoms with Gasteiger partial charge in [-0.25, -0.2) is 5.84 Å². The minimum Gasteiger partial charge on any atom is -0.380 e. The van der Waals surface area contributed by atoms with Crippen molar-refractivity contribution in [1.29, 1.82) is 0 Å². The number of nitrogens with zero attached hydrogens (tertiary/aromatic N) is 1. The van der Waals surface area contributed by atoms with E-state index in [-0.39, 0.29) is 5.97 Å². The van der Waals surface area contributed by atoms with Gasteiger partial charge in [0.15, 0.2) is 0 Å². The summed E-state index contributed by atoms with van der Waals surface area (Å²) in [4.78, 5) is 17.4. The highest BCUT2D eigenvalue weighted by Crippen LogP contribution is 2.10. The molecule has 0 saturated carbocycles. The number of carbonyl (C=O) groups excluding carboxylic acids is 1. The van der Waals surface area contributed by atoms with Crippen LogP contribution in [0.2, 0.25) is 0 Å². The van der Waals surface area contributed by atoms with Crippen LogP contribution in [0.5, 0.6) is 0 Å². The molecule has 1 unspecified atom stereocenters. The lowest BCUT2D eigenvalue weighted by atomic mass is 10.2. The Balaban J connectivity index is 2.13. The average molecular weight is 203 g/mol. The fourth-order valence-electron chi connectivity index (χ4n) is 1.44. The Morgan fingerprint density at radius 3 is 3.14 bits per heavy atom. The van der Waals surface area contributed by atoms with E-state index in [9.17, 15) is 4.79 Å². The van der Waals surface area contributed by atoms with Gasteiger partial charge in [-0.05, 0) is 13.5 Å². The third-order valence-electron chi connectivity index (χ3n) is 2.37. The van der Waals surface area contributed by atoms with Gasteiger partial charge in [0.1, 0.15) is 0 Å². The Morgan fingerprint density at radius 2 is 2.57 bits per heavy atom. The summed E-state index contributed by atoms with van der Waals surface area (Å²) in [5, 5.41) is 0. The maximum atomic E-state index is 10.9. The minimum absolute atomic E-state index is 0.331. The Kier molecular flexibility index (Phi) is 4.81. The maximum Gasteiger partial charge on any atom is 0.327 e. The van der Waals surface area contributed by atoms with Gasteiger partial charge in [0, 0.05) is 19.2 Å². The van der Waals surface area contributed by atoms with Gasteiger partial charge in [-0.1, -0.05) is 5.59 Å². The van der Waals surface area contributed by atoms with E-state index in [1.54, 1.807) is 0 Å². The predicted octanol–water partition coefficient (Wildman–Crippen LogP) is -0.981. The lowest BCUT2D eigenvalue weighted by Gasteiger charge is -2.21. The van der Waals surface area contributed by atoms with E-state index in [1.807, 2.05) is 12.6 Å². The Labute approximate surface area is 83.3 Å². The molecule has 1 aliphatic heterocycles. The SMILES string of the molecule is CN(CCC(=O)ONN)C1CCOC1. The van der Waals surface area contributed by atoms with Crippen molar-refractivity contribution in [1.82, 2.24) is 10.5 Å². The smallest absolute Gasteiger partial charge is 0.327 e. The van der Waals surface area contributed by atoms with Crippen molar-refractivity contribution < 1.29 is 14.4 Å². The first-order chi connectivity index (χ1) is 6.74. The number of nitrogens with one attached hydrogen (secondary N) is 1. The highest BCUT2D eigenvalue weighted by atomic mass is 16.7. The highest BCUT2D eigenvalue weighted by molar-refractivity contribution is 5.69. The van der Waals surface area contributed by atoms with Gasteiger partial charge in [-0.3, -0.25) is 4.79 Å². The van der Waals surface area contributed by atoms with Crippen molar-refractivity contribution in [3.05, 3.63) is 0 Å². The van der Waals surface area contributed by atoms with Gasteiger partial charge in [-0.2, -0.15) is 0 Å². The summed E-state index contributed by atoms with van der Waals surface area (Å²) in [5.74, 6) is 4.48. The van der Waals surface area contributed by atoms with Crippen LogP contribution >= 0.6 is 0 Å². The number of hydrogen-bond acceptors (Lipinski definition) is 6. The standard InChI is InChI=1S/C8H17N3O3/c1-11(7-3-5-13-6-7)4-2-8(12)14-10-9/h7,10H,2-6,9H2,1H3. The van der Waals surface area contributed by atoms with Crippen LogP contribution in [0, 0.1) is 0 Å². The first-order valence-electron chi connectivity index (χ1n) is 4.67. The number of ether oxygens (including phenoxy) is 1. The molecular formula is C8H17N3O3. The quantitative estimate of drug-likeness (QED) is 0.442. The van der Waals surface area contributed by atoms with Crippen LogP contribution in [0.25, 0.3) is 0 Å². The van der Waals surface area contributed by atoms with E-state index in [1.165, 1.54) is 0 Å². The number of carbonyl (C=O) groups is 1. The molecule has 0 spiro atoms. The molecule has 3 N–H and O–H groups in total. The zero-order valence-electron chi connectivity index (χ0n) is 8.36.